The summed E-state index contributed by atoms with van der Waals surface area (Å²) in [7, 11) is 0. The van der Waals surface area contributed by atoms with Crippen LogP contribution in [0.15, 0.2) is 18.2 Å². The molecule has 30 heavy (non-hydrogen) atoms. The van der Waals surface area contributed by atoms with Crippen molar-refractivity contribution in [1.29, 1.82) is 0 Å². The standard InChI is InChI=1S/C21H27Cl2N7/c1-12(2)11-30-6-4-14(5-7-30)25-19-8-13(3)24-20(28-19)29-21-26-17-9-15(22)16(23)10-18(17)27-21/h8-10,12,14H,4-7,11H2,1-3H3,(H3,24,25,26,27,28,29). The summed E-state index contributed by atoms with van der Waals surface area (Å²) >= 11 is 12.2. The Balaban J connectivity index is 1.43. The molecule has 0 aliphatic carbocycles. The number of aromatic amines is 1. The number of aryl methyl sites for hydroxylation is 1. The first-order valence-electron chi connectivity index (χ1n) is 10.3. The van der Waals surface area contributed by atoms with Crippen LogP contribution in [0.4, 0.5) is 17.7 Å². The number of likely N-dealkylation sites (tertiary alicyclic amines) is 1. The van der Waals surface area contributed by atoms with Crippen molar-refractivity contribution in [2.75, 3.05) is 30.3 Å². The van der Waals surface area contributed by atoms with Crippen LogP contribution in [0.2, 0.25) is 10.0 Å². The molecule has 3 heterocycles. The van der Waals surface area contributed by atoms with Crippen molar-refractivity contribution in [1.82, 2.24) is 24.8 Å². The summed E-state index contributed by atoms with van der Waals surface area (Å²) in [6.07, 6.45) is 2.23. The number of nitrogens with zero attached hydrogens (tertiary/aromatic N) is 4. The zero-order chi connectivity index (χ0) is 21.3. The molecular formula is C21H27Cl2N7. The van der Waals surface area contributed by atoms with Gasteiger partial charge in [-0.3, -0.25) is 5.32 Å². The Morgan fingerprint density at radius 1 is 1.10 bits per heavy atom. The maximum atomic E-state index is 6.09. The van der Waals surface area contributed by atoms with Gasteiger partial charge in [0.1, 0.15) is 5.82 Å². The van der Waals surface area contributed by atoms with Crippen molar-refractivity contribution in [2.24, 2.45) is 5.92 Å². The molecule has 3 N–H and O–H groups in total. The van der Waals surface area contributed by atoms with Crippen molar-refractivity contribution in [3.63, 3.8) is 0 Å². The minimum Gasteiger partial charge on any atom is -0.367 e. The Bertz CT molecular complexity index is 987. The highest BCUT2D eigenvalue weighted by atomic mass is 35.5. The van der Waals surface area contributed by atoms with E-state index in [1.165, 1.54) is 6.54 Å². The fourth-order valence-corrected chi connectivity index (χ4v) is 4.18. The summed E-state index contributed by atoms with van der Waals surface area (Å²) in [5.74, 6) is 2.57. The van der Waals surface area contributed by atoms with E-state index in [0.717, 1.165) is 48.5 Å². The molecule has 1 fully saturated rings. The number of hydrogen-bond donors (Lipinski definition) is 3. The average Bonchev–Trinajstić information content (AvgIpc) is 3.03. The first-order chi connectivity index (χ1) is 14.4. The van der Waals surface area contributed by atoms with E-state index in [4.69, 9.17) is 23.2 Å². The van der Waals surface area contributed by atoms with E-state index < -0.39 is 0 Å². The summed E-state index contributed by atoms with van der Waals surface area (Å²) in [6, 6.07) is 5.89. The monoisotopic (exact) mass is 447 g/mol. The smallest absolute Gasteiger partial charge is 0.231 e. The average molecular weight is 448 g/mol. The molecule has 3 aromatic rings. The molecule has 1 saturated heterocycles. The van der Waals surface area contributed by atoms with Gasteiger partial charge in [-0.05, 0) is 37.8 Å². The van der Waals surface area contributed by atoms with Gasteiger partial charge in [0.05, 0.1) is 21.1 Å². The highest BCUT2D eigenvalue weighted by molar-refractivity contribution is 6.42. The third kappa shape index (κ3) is 5.14. The second-order valence-electron chi connectivity index (χ2n) is 8.33. The maximum absolute atomic E-state index is 6.09. The van der Waals surface area contributed by atoms with Crippen LogP contribution in [0.3, 0.4) is 0 Å². The van der Waals surface area contributed by atoms with Crippen molar-refractivity contribution in [3.8, 4) is 0 Å². The van der Waals surface area contributed by atoms with Crippen LogP contribution in [0.1, 0.15) is 32.4 Å². The number of benzene rings is 1. The first-order valence-corrected chi connectivity index (χ1v) is 11.1. The normalized spacial score (nSPS) is 15.8. The number of rotatable bonds is 6. The van der Waals surface area contributed by atoms with E-state index in [9.17, 15) is 0 Å². The van der Waals surface area contributed by atoms with Crippen molar-refractivity contribution >= 4 is 51.9 Å². The minimum absolute atomic E-state index is 0.422. The Kier molecular flexibility index (Phi) is 6.32. The largest absolute Gasteiger partial charge is 0.367 e. The van der Waals surface area contributed by atoms with Crippen LogP contribution in [0, 0.1) is 12.8 Å². The van der Waals surface area contributed by atoms with E-state index in [1.807, 2.05) is 13.0 Å². The Morgan fingerprint density at radius 3 is 2.57 bits per heavy atom. The lowest BCUT2D eigenvalue weighted by molar-refractivity contribution is 0.198. The molecule has 9 heteroatoms. The number of anilines is 3. The Labute approximate surface area is 186 Å². The van der Waals surface area contributed by atoms with Gasteiger partial charge >= 0.3 is 0 Å². The van der Waals surface area contributed by atoms with Gasteiger partial charge in [0, 0.05) is 37.4 Å². The third-order valence-corrected chi connectivity index (χ3v) is 5.89. The van der Waals surface area contributed by atoms with E-state index in [0.29, 0.717) is 33.9 Å². The molecule has 0 spiro atoms. The molecule has 0 radical (unpaired) electrons. The number of imidazole rings is 1. The molecule has 1 aliphatic heterocycles. The summed E-state index contributed by atoms with van der Waals surface area (Å²) in [5.41, 5.74) is 2.41. The molecule has 0 saturated carbocycles. The molecule has 1 aliphatic rings. The lowest BCUT2D eigenvalue weighted by Gasteiger charge is -2.33. The predicted octanol–water partition coefficient (Wildman–Crippen LogP) is 5.24. The van der Waals surface area contributed by atoms with Gasteiger partial charge in [-0.25, -0.2) is 9.97 Å². The summed E-state index contributed by atoms with van der Waals surface area (Å²) in [5, 5.41) is 7.69. The summed E-state index contributed by atoms with van der Waals surface area (Å²) < 4.78 is 0. The van der Waals surface area contributed by atoms with Crippen LogP contribution in [0.5, 0.6) is 0 Å². The number of aromatic nitrogens is 4. The molecule has 1 aromatic carbocycles. The zero-order valence-corrected chi connectivity index (χ0v) is 19.0. The molecule has 160 valence electrons. The first kappa shape index (κ1) is 21.2. The molecule has 4 rings (SSSR count). The van der Waals surface area contributed by atoms with E-state index in [2.05, 4.69) is 49.3 Å². The van der Waals surface area contributed by atoms with E-state index >= 15 is 0 Å². The topological polar surface area (TPSA) is 81.8 Å². The number of nitrogens with one attached hydrogen (secondary N) is 3. The number of hydrogen-bond acceptors (Lipinski definition) is 6. The van der Waals surface area contributed by atoms with Gasteiger partial charge in [-0.1, -0.05) is 37.0 Å². The van der Waals surface area contributed by atoms with Crippen molar-refractivity contribution in [3.05, 3.63) is 33.9 Å². The van der Waals surface area contributed by atoms with Crippen molar-refractivity contribution in [2.45, 2.75) is 39.7 Å². The SMILES string of the molecule is Cc1cc(NC2CCN(CC(C)C)CC2)nc(Nc2nc3cc(Cl)c(Cl)cc3[nH]2)n1. The summed E-state index contributed by atoms with van der Waals surface area (Å²) in [6.45, 7) is 9.91. The zero-order valence-electron chi connectivity index (χ0n) is 17.5. The molecule has 7 nitrogen and oxygen atoms in total. The predicted molar refractivity (Wildman–Crippen MR) is 124 cm³/mol. The summed E-state index contributed by atoms with van der Waals surface area (Å²) in [4.78, 5) is 19.4. The second-order valence-corrected chi connectivity index (χ2v) is 9.14. The van der Waals surface area contributed by atoms with Gasteiger partial charge in [0.15, 0.2) is 0 Å². The molecule has 2 aromatic heterocycles. The van der Waals surface area contributed by atoms with Crippen LogP contribution in [0.25, 0.3) is 11.0 Å². The minimum atomic E-state index is 0.422. The van der Waals surface area contributed by atoms with Gasteiger partial charge in [-0.2, -0.15) is 4.98 Å². The third-order valence-electron chi connectivity index (χ3n) is 5.17. The molecule has 0 amide bonds. The highest BCUT2D eigenvalue weighted by Gasteiger charge is 2.20. The van der Waals surface area contributed by atoms with Crippen molar-refractivity contribution < 1.29 is 0 Å². The van der Waals surface area contributed by atoms with E-state index in [1.54, 1.807) is 12.1 Å². The molecule has 0 bridgehead atoms. The van der Waals surface area contributed by atoms with Gasteiger partial charge in [-0.15, -0.1) is 0 Å². The fraction of sp³-hybridized carbons (Fsp3) is 0.476. The van der Waals surface area contributed by atoms with Crippen LogP contribution < -0.4 is 10.6 Å². The Morgan fingerprint density at radius 2 is 1.83 bits per heavy atom. The molecule has 0 atom stereocenters. The van der Waals surface area contributed by atoms with E-state index in [-0.39, 0.29) is 0 Å². The lowest BCUT2D eigenvalue weighted by Crippen LogP contribution is -2.40. The van der Waals surface area contributed by atoms with Crippen LogP contribution in [-0.2, 0) is 0 Å². The second kappa shape index (κ2) is 8.96. The number of fused-ring (bicyclic) bond motifs is 1. The Hall–Kier alpha value is -2.09. The quantitative estimate of drug-likeness (QED) is 0.478. The lowest BCUT2D eigenvalue weighted by atomic mass is 10.0. The number of H-pyrrole nitrogens is 1. The van der Waals surface area contributed by atoms with Crippen LogP contribution >= 0.6 is 23.2 Å². The van der Waals surface area contributed by atoms with Gasteiger partial charge < -0.3 is 15.2 Å². The molecule has 0 unspecified atom stereocenters. The maximum Gasteiger partial charge on any atom is 0.231 e. The number of halogens is 2. The fourth-order valence-electron chi connectivity index (χ4n) is 3.85. The highest BCUT2D eigenvalue weighted by Crippen LogP contribution is 2.28. The number of piperidine rings is 1. The van der Waals surface area contributed by atoms with Crippen LogP contribution in [-0.4, -0.2) is 50.5 Å². The van der Waals surface area contributed by atoms with Gasteiger partial charge in [0.25, 0.3) is 0 Å². The molecular weight excluding hydrogens is 421 g/mol. The van der Waals surface area contributed by atoms with Gasteiger partial charge in [0.2, 0.25) is 11.9 Å².